The lowest BCUT2D eigenvalue weighted by Gasteiger charge is -2.20. The maximum absolute atomic E-state index is 12.0. The van der Waals surface area contributed by atoms with Gasteiger partial charge in [-0.15, -0.1) is 5.10 Å². The maximum Gasteiger partial charge on any atom is 0.290 e. The number of aliphatic hydroxyl groups excluding tert-OH is 1. The number of amides is 1. The van der Waals surface area contributed by atoms with Crippen LogP contribution in [-0.2, 0) is 0 Å². The second kappa shape index (κ2) is 7.17. The molecule has 0 aliphatic rings. The first-order valence-corrected chi connectivity index (χ1v) is 7.38. The highest BCUT2D eigenvalue weighted by molar-refractivity contribution is 5.90. The number of rotatable bonds is 7. The molecule has 0 saturated carbocycles. The summed E-state index contributed by atoms with van der Waals surface area (Å²) in [5.41, 5.74) is 0.747. The Bertz CT molecular complexity index is 608. The molecule has 6 heteroatoms. The van der Waals surface area contributed by atoms with Crippen LogP contribution in [0.5, 0.6) is 0 Å². The van der Waals surface area contributed by atoms with Crippen LogP contribution in [0.2, 0.25) is 0 Å². The van der Waals surface area contributed by atoms with Gasteiger partial charge in [0.05, 0.1) is 5.69 Å². The largest absolute Gasteiger partial charge is 0.396 e. The van der Waals surface area contributed by atoms with Gasteiger partial charge in [-0.05, 0) is 30.4 Å². The molecule has 118 valence electrons. The Morgan fingerprint density at radius 1 is 1.32 bits per heavy atom. The van der Waals surface area contributed by atoms with Crippen molar-refractivity contribution in [2.75, 3.05) is 13.2 Å². The minimum Gasteiger partial charge on any atom is -0.396 e. The van der Waals surface area contributed by atoms with Gasteiger partial charge in [0.2, 0.25) is 5.82 Å². The van der Waals surface area contributed by atoms with E-state index in [1.165, 1.54) is 6.33 Å². The van der Waals surface area contributed by atoms with E-state index in [-0.39, 0.29) is 23.8 Å². The van der Waals surface area contributed by atoms with E-state index in [0.29, 0.717) is 6.54 Å². The summed E-state index contributed by atoms with van der Waals surface area (Å²) in [6.45, 7) is 4.68. The van der Waals surface area contributed by atoms with Gasteiger partial charge in [-0.3, -0.25) is 4.79 Å². The molecule has 2 rings (SSSR count). The smallest absolute Gasteiger partial charge is 0.290 e. The van der Waals surface area contributed by atoms with Gasteiger partial charge in [-0.25, -0.2) is 9.67 Å². The molecule has 1 amide bonds. The second-order valence-electron chi connectivity index (χ2n) is 6.03. The van der Waals surface area contributed by atoms with Crippen molar-refractivity contribution >= 4 is 5.91 Å². The highest BCUT2D eigenvalue weighted by Crippen LogP contribution is 2.20. The van der Waals surface area contributed by atoms with Crippen LogP contribution in [0.25, 0.3) is 5.69 Å². The molecule has 0 aliphatic heterocycles. The van der Waals surface area contributed by atoms with E-state index in [2.05, 4.69) is 15.4 Å². The predicted octanol–water partition coefficient (Wildman–Crippen LogP) is 1.80. The van der Waals surface area contributed by atoms with E-state index in [9.17, 15) is 9.90 Å². The third kappa shape index (κ3) is 4.39. The Balaban J connectivity index is 1.85. The number of benzene rings is 1. The fourth-order valence-corrected chi connectivity index (χ4v) is 2.00. The minimum absolute atomic E-state index is 0.113. The van der Waals surface area contributed by atoms with E-state index < -0.39 is 0 Å². The molecule has 0 unspecified atom stereocenters. The first-order valence-electron chi connectivity index (χ1n) is 7.38. The van der Waals surface area contributed by atoms with Crippen molar-refractivity contribution < 1.29 is 9.90 Å². The summed E-state index contributed by atoms with van der Waals surface area (Å²) in [6.07, 6.45) is 3.17. The van der Waals surface area contributed by atoms with Crippen LogP contribution in [0.1, 0.15) is 37.3 Å². The van der Waals surface area contributed by atoms with Gasteiger partial charge in [0.1, 0.15) is 6.33 Å². The minimum atomic E-state index is -0.281. The van der Waals surface area contributed by atoms with Crippen molar-refractivity contribution in [2.24, 2.45) is 5.41 Å². The van der Waals surface area contributed by atoms with Gasteiger partial charge in [0.15, 0.2) is 0 Å². The highest BCUT2D eigenvalue weighted by atomic mass is 16.3. The first-order chi connectivity index (χ1) is 10.5. The molecule has 6 nitrogen and oxygen atoms in total. The first kappa shape index (κ1) is 16.2. The number of nitrogens with one attached hydrogen (secondary N) is 1. The molecule has 0 aliphatic carbocycles. The second-order valence-corrected chi connectivity index (χ2v) is 6.03. The molecule has 0 fully saturated rings. The van der Waals surface area contributed by atoms with Crippen LogP contribution in [0, 0.1) is 5.41 Å². The standard InChI is InChI=1S/C16H22N4O2/c1-16(2,11-21)9-6-10-17-15(22)14-18-12-20(19-14)13-7-4-3-5-8-13/h3-5,7-8,12,21H,6,9-11H2,1-2H3,(H,17,22). The van der Waals surface area contributed by atoms with Crippen LogP contribution in [0.15, 0.2) is 36.7 Å². The van der Waals surface area contributed by atoms with E-state index in [0.717, 1.165) is 18.5 Å². The molecular formula is C16H22N4O2. The number of aliphatic hydroxyl groups is 1. The molecule has 1 aromatic carbocycles. The van der Waals surface area contributed by atoms with E-state index in [1.807, 2.05) is 44.2 Å². The van der Waals surface area contributed by atoms with Gasteiger partial charge < -0.3 is 10.4 Å². The van der Waals surface area contributed by atoms with Crippen LogP contribution in [-0.4, -0.2) is 38.9 Å². The molecule has 0 radical (unpaired) electrons. The van der Waals surface area contributed by atoms with Gasteiger partial charge >= 0.3 is 0 Å². The van der Waals surface area contributed by atoms with Gasteiger partial charge in [-0.1, -0.05) is 32.0 Å². The average molecular weight is 302 g/mol. The van der Waals surface area contributed by atoms with E-state index in [4.69, 9.17) is 0 Å². The van der Waals surface area contributed by atoms with Crippen LogP contribution >= 0.6 is 0 Å². The Hall–Kier alpha value is -2.21. The van der Waals surface area contributed by atoms with Gasteiger partial charge in [0, 0.05) is 13.2 Å². The van der Waals surface area contributed by atoms with Crippen molar-refractivity contribution in [1.29, 1.82) is 0 Å². The molecule has 0 saturated heterocycles. The number of carbonyl (C=O) groups is 1. The Morgan fingerprint density at radius 2 is 2.05 bits per heavy atom. The summed E-state index contributed by atoms with van der Waals surface area (Å²) in [6, 6.07) is 9.52. The molecule has 2 aromatic rings. The normalized spacial score (nSPS) is 11.4. The van der Waals surface area contributed by atoms with Crippen molar-refractivity contribution in [3.8, 4) is 5.69 Å². The molecule has 0 atom stereocenters. The Morgan fingerprint density at radius 3 is 2.73 bits per heavy atom. The molecule has 0 bridgehead atoms. The molecule has 2 N–H and O–H groups in total. The summed E-state index contributed by atoms with van der Waals surface area (Å²) in [4.78, 5) is 16.0. The summed E-state index contributed by atoms with van der Waals surface area (Å²) >= 11 is 0. The summed E-state index contributed by atoms with van der Waals surface area (Å²) in [7, 11) is 0. The quantitative estimate of drug-likeness (QED) is 0.764. The lowest BCUT2D eigenvalue weighted by Crippen LogP contribution is -2.27. The number of carbonyl (C=O) groups excluding carboxylic acids is 1. The van der Waals surface area contributed by atoms with Crippen molar-refractivity contribution in [1.82, 2.24) is 20.1 Å². The third-order valence-electron chi connectivity index (χ3n) is 3.46. The third-order valence-corrected chi connectivity index (χ3v) is 3.46. The fourth-order valence-electron chi connectivity index (χ4n) is 2.00. The molecule has 1 aromatic heterocycles. The molecule has 0 spiro atoms. The van der Waals surface area contributed by atoms with Gasteiger partial charge in [0.25, 0.3) is 5.91 Å². The Labute approximate surface area is 130 Å². The number of aromatic nitrogens is 3. The number of nitrogens with zero attached hydrogens (tertiary/aromatic N) is 3. The SMILES string of the molecule is CC(C)(CO)CCCNC(=O)c1ncn(-c2ccccc2)n1. The maximum atomic E-state index is 12.0. The van der Waals surface area contributed by atoms with E-state index >= 15 is 0 Å². The van der Waals surface area contributed by atoms with Crippen LogP contribution in [0.3, 0.4) is 0 Å². The monoisotopic (exact) mass is 302 g/mol. The lowest BCUT2D eigenvalue weighted by molar-refractivity contribution is 0.0938. The summed E-state index contributed by atoms with van der Waals surface area (Å²) in [5, 5.41) is 16.2. The number of hydrogen-bond acceptors (Lipinski definition) is 4. The highest BCUT2D eigenvalue weighted by Gasteiger charge is 2.16. The van der Waals surface area contributed by atoms with Gasteiger partial charge in [-0.2, -0.15) is 0 Å². The van der Waals surface area contributed by atoms with Crippen molar-refractivity contribution in [2.45, 2.75) is 26.7 Å². The number of para-hydroxylation sites is 1. The zero-order valence-electron chi connectivity index (χ0n) is 13.0. The topological polar surface area (TPSA) is 80.0 Å². The summed E-state index contributed by atoms with van der Waals surface area (Å²) in [5.74, 6) is -0.123. The van der Waals surface area contributed by atoms with Crippen LogP contribution in [0.4, 0.5) is 0 Å². The Kier molecular flexibility index (Phi) is 5.27. The molecule has 22 heavy (non-hydrogen) atoms. The van der Waals surface area contributed by atoms with Crippen molar-refractivity contribution in [3.05, 3.63) is 42.5 Å². The molecular weight excluding hydrogens is 280 g/mol. The number of hydrogen-bond donors (Lipinski definition) is 2. The summed E-state index contributed by atoms with van der Waals surface area (Å²) < 4.78 is 1.57. The zero-order chi connectivity index (χ0) is 16.0. The van der Waals surface area contributed by atoms with Crippen LogP contribution < -0.4 is 5.32 Å². The van der Waals surface area contributed by atoms with E-state index in [1.54, 1.807) is 4.68 Å². The predicted molar refractivity (Wildman–Crippen MR) is 83.8 cm³/mol. The molecule has 1 heterocycles. The lowest BCUT2D eigenvalue weighted by atomic mass is 9.89. The fraction of sp³-hybridized carbons (Fsp3) is 0.438. The van der Waals surface area contributed by atoms with Crippen molar-refractivity contribution in [3.63, 3.8) is 0 Å². The average Bonchev–Trinajstić information content (AvgIpc) is 3.02. The zero-order valence-corrected chi connectivity index (χ0v) is 13.0.